The van der Waals surface area contributed by atoms with Crippen LogP contribution in [0.15, 0.2) is 102 Å². The largest absolute Gasteiger partial charge is 0.465 e. The number of aliphatic hydroxyl groups is 1. The molecule has 0 unspecified atom stereocenters. The molecule has 64 heavy (non-hydrogen) atoms. The molecule has 12 nitrogen and oxygen atoms in total. The van der Waals surface area contributed by atoms with Crippen LogP contribution >= 0.6 is 0 Å². The lowest BCUT2D eigenvalue weighted by Crippen LogP contribution is -2.48. The third-order valence-corrected chi connectivity index (χ3v) is 13.5. The monoisotopic (exact) mass is 863 g/mol. The number of aromatic nitrogens is 2. The number of ether oxygens (including phenoxy) is 1. The van der Waals surface area contributed by atoms with Gasteiger partial charge in [-0.3, -0.25) is 14.9 Å². The van der Waals surface area contributed by atoms with E-state index in [4.69, 9.17) is 9.72 Å². The number of carbonyl (C=O) groups is 3. The summed E-state index contributed by atoms with van der Waals surface area (Å²) in [6.45, 7) is 5.74. The number of rotatable bonds is 13. The van der Waals surface area contributed by atoms with Gasteiger partial charge in [0.1, 0.15) is 18.5 Å². The van der Waals surface area contributed by atoms with Crippen LogP contribution in [0.5, 0.6) is 0 Å². The van der Waals surface area contributed by atoms with Gasteiger partial charge in [-0.25, -0.2) is 19.0 Å². The molecule has 2 aromatic heterocycles. The molecule has 6 aromatic rings. The van der Waals surface area contributed by atoms with Crippen molar-refractivity contribution in [3.05, 3.63) is 169 Å². The van der Waals surface area contributed by atoms with Crippen molar-refractivity contribution < 1.29 is 33.7 Å². The van der Waals surface area contributed by atoms with Gasteiger partial charge in [0.15, 0.2) is 5.60 Å². The van der Waals surface area contributed by atoms with Crippen LogP contribution in [0, 0.1) is 19.7 Å². The number of pyridine rings is 2. The summed E-state index contributed by atoms with van der Waals surface area (Å²) in [5, 5.41) is 31.5. The fraction of sp³-hybridized carbons (Fsp3) is 0.314. The molecule has 4 heterocycles. The summed E-state index contributed by atoms with van der Waals surface area (Å²) >= 11 is 0. The van der Waals surface area contributed by atoms with Gasteiger partial charge >= 0.3 is 12.1 Å². The summed E-state index contributed by atoms with van der Waals surface area (Å²) in [6, 6.07) is 30.2. The number of hydrogen-bond acceptors (Lipinski definition) is 8. The van der Waals surface area contributed by atoms with Crippen molar-refractivity contribution in [1.29, 1.82) is 0 Å². The lowest BCUT2D eigenvalue weighted by Gasteiger charge is -2.37. The van der Waals surface area contributed by atoms with Crippen LogP contribution in [0.2, 0.25) is 0 Å². The van der Waals surface area contributed by atoms with Crippen LogP contribution in [0.4, 0.5) is 9.18 Å². The first-order chi connectivity index (χ1) is 30.8. The Labute approximate surface area is 369 Å². The summed E-state index contributed by atoms with van der Waals surface area (Å²) in [5.74, 6) is -1.78. The predicted octanol–water partition coefficient (Wildman–Crippen LogP) is 7.33. The molecule has 13 heteroatoms. The van der Waals surface area contributed by atoms with E-state index in [-0.39, 0.29) is 37.1 Å². The second-order valence-electron chi connectivity index (χ2n) is 17.2. The van der Waals surface area contributed by atoms with E-state index >= 15 is 4.39 Å². The summed E-state index contributed by atoms with van der Waals surface area (Å²) in [7, 11) is 0. The molecule has 3 aliphatic rings. The summed E-state index contributed by atoms with van der Waals surface area (Å²) in [4.78, 5) is 58.3. The van der Waals surface area contributed by atoms with E-state index in [1.807, 2.05) is 36.4 Å². The van der Waals surface area contributed by atoms with E-state index in [1.54, 1.807) is 19.9 Å². The molecule has 328 valence electrons. The number of carbonyl (C=O) groups excluding carboxylic acids is 2. The van der Waals surface area contributed by atoms with Gasteiger partial charge in [-0.15, -0.1) is 0 Å². The van der Waals surface area contributed by atoms with Gasteiger partial charge in [-0.05, 0) is 98.4 Å². The van der Waals surface area contributed by atoms with Crippen LogP contribution in [0.25, 0.3) is 22.3 Å². The maximum absolute atomic E-state index is 15.5. The van der Waals surface area contributed by atoms with Crippen molar-refractivity contribution in [2.45, 2.75) is 95.7 Å². The second-order valence-corrected chi connectivity index (χ2v) is 17.2. The number of amides is 2. The number of benzene rings is 4. The third-order valence-electron chi connectivity index (χ3n) is 13.5. The Morgan fingerprint density at radius 1 is 0.938 bits per heavy atom. The maximum Gasteiger partial charge on any atom is 0.405 e. The highest BCUT2D eigenvalue weighted by atomic mass is 19.1. The molecule has 0 fully saturated rings. The molecular formula is C51H50FN5O7. The molecule has 0 saturated carbocycles. The molecule has 3 atom stereocenters. The van der Waals surface area contributed by atoms with Crippen LogP contribution in [0.1, 0.15) is 101 Å². The minimum absolute atomic E-state index is 0.0232. The van der Waals surface area contributed by atoms with Gasteiger partial charge in [0.05, 0.1) is 40.6 Å². The molecule has 2 aliphatic heterocycles. The molecule has 4 aromatic carbocycles. The number of aryl methyl sites for hydroxylation is 2. The Hall–Kier alpha value is -6.70. The van der Waals surface area contributed by atoms with Crippen LogP contribution in [-0.2, 0) is 45.0 Å². The third kappa shape index (κ3) is 7.12. The van der Waals surface area contributed by atoms with Gasteiger partial charge in [-0.2, -0.15) is 0 Å². The minimum Gasteiger partial charge on any atom is -0.465 e. The number of cyclic esters (lactones) is 1. The fourth-order valence-corrected chi connectivity index (χ4v) is 10.1. The van der Waals surface area contributed by atoms with Crippen LogP contribution in [-0.4, -0.2) is 50.3 Å². The summed E-state index contributed by atoms with van der Waals surface area (Å²) in [5.41, 5.74) is 5.18. The fourth-order valence-electron chi connectivity index (χ4n) is 10.1. The normalized spacial score (nSPS) is 17.8. The molecule has 9 rings (SSSR count). The van der Waals surface area contributed by atoms with Crippen LogP contribution in [0.3, 0.4) is 0 Å². The van der Waals surface area contributed by atoms with E-state index in [1.165, 1.54) is 10.6 Å². The molecular weight excluding hydrogens is 814 g/mol. The summed E-state index contributed by atoms with van der Waals surface area (Å²) < 4.78 is 22.3. The van der Waals surface area contributed by atoms with Crippen molar-refractivity contribution >= 4 is 28.9 Å². The average molecular weight is 864 g/mol. The number of carboxylic acid groups (broad SMARTS) is 1. The smallest absolute Gasteiger partial charge is 0.405 e. The molecule has 2 amide bonds. The Bertz CT molecular complexity index is 2840. The Morgan fingerprint density at radius 3 is 2.27 bits per heavy atom. The zero-order chi connectivity index (χ0) is 44.9. The first kappa shape index (κ1) is 42.6. The quantitative estimate of drug-likeness (QED) is 0.0453. The van der Waals surface area contributed by atoms with E-state index < -0.39 is 52.6 Å². The SMILES string of the molecule is CC[C@@]1(O)C(=O)OCc2c1cc1n(c2=O)Cc2c-1nc1cc(F)c(C)c3c1c2[C@@H](NC(=O)[C@H](CCCCNC(c1ccccc1)(c1ccccc1)c1ccc(C)cc1)NC(=O)O)CC3. The Balaban J connectivity index is 0.997. The van der Waals surface area contributed by atoms with E-state index in [0.717, 1.165) is 27.8 Å². The van der Waals surface area contributed by atoms with Crippen LogP contribution < -0.4 is 21.5 Å². The topological polar surface area (TPSA) is 172 Å². The van der Waals surface area contributed by atoms with Gasteiger partial charge in [0.25, 0.3) is 5.56 Å². The first-order valence-electron chi connectivity index (χ1n) is 21.9. The minimum atomic E-state index is -2.03. The number of fused-ring (bicyclic) bond motifs is 5. The van der Waals surface area contributed by atoms with Gasteiger partial charge in [0.2, 0.25) is 5.91 Å². The molecule has 0 radical (unpaired) electrons. The van der Waals surface area contributed by atoms with Gasteiger partial charge in [-0.1, -0.05) is 97.4 Å². The standard InChI is InChI=1S/C51H50FN5O7/c1-4-50(63)37-25-42-45-35(27-57(42)47(59)36(37)28-64-48(50)60)44-39(23-22-34-30(3)38(52)26-41(54-45)43(34)44)55-46(58)40(56-49(61)62)17-11-12-24-53-51(31-13-7-5-8-14-31,32-15-9-6-10-16-32)33-20-18-29(2)19-21-33/h5-10,13-16,18-21,25-26,39-40,53,56,63H,4,11-12,17,22-24,27-28H2,1-3H3,(H,55,58)(H,61,62)/t39-,40-,50-/m0/s1. The van der Waals surface area contributed by atoms with Crippen molar-refractivity contribution in [2.75, 3.05) is 6.54 Å². The number of halogens is 1. The molecule has 5 N–H and O–H groups in total. The maximum atomic E-state index is 15.5. The Kier molecular flexibility index (Phi) is 11.2. The molecule has 0 saturated heterocycles. The van der Waals surface area contributed by atoms with Crippen molar-refractivity contribution in [2.24, 2.45) is 0 Å². The zero-order valence-corrected chi connectivity index (χ0v) is 36.0. The Morgan fingerprint density at radius 2 is 1.61 bits per heavy atom. The number of nitrogens with one attached hydrogen (secondary N) is 3. The highest BCUT2D eigenvalue weighted by Gasteiger charge is 2.46. The highest BCUT2D eigenvalue weighted by Crippen LogP contribution is 2.46. The average Bonchev–Trinajstić information content (AvgIpc) is 3.67. The van der Waals surface area contributed by atoms with Crippen molar-refractivity contribution in [3.63, 3.8) is 0 Å². The lowest BCUT2D eigenvalue weighted by molar-refractivity contribution is -0.172. The van der Waals surface area contributed by atoms with E-state index in [2.05, 4.69) is 71.4 Å². The van der Waals surface area contributed by atoms with Gasteiger partial charge < -0.3 is 30.2 Å². The first-order valence-corrected chi connectivity index (χ1v) is 21.9. The van der Waals surface area contributed by atoms with Gasteiger partial charge in [0, 0.05) is 22.6 Å². The number of hydrogen-bond donors (Lipinski definition) is 5. The lowest BCUT2D eigenvalue weighted by atomic mass is 9.76. The molecule has 0 spiro atoms. The molecule has 1 aliphatic carbocycles. The predicted molar refractivity (Wildman–Crippen MR) is 239 cm³/mol. The number of unbranched alkanes of at least 4 members (excludes halogenated alkanes) is 1. The number of esters is 1. The summed E-state index contributed by atoms with van der Waals surface area (Å²) in [6.07, 6.45) is 0.821. The zero-order valence-electron chi connectivity index (χ0n) is 36.0. The second kappa shape index (κ2) is 16.8. The van der Waals surface area contributed by atoms with Crippen molar-refractivity contribution in [3.8, 4) is 11.4 Å². The highest BCUT2D eigenvalue weighted by molar-refractivity contribution is 5.94. The number of nitrogens with zero attached hydrogens (tertiary/aromatic N) is 2. The van der Waals surface area contributed by atoms with E-state index in [9.17, 15) is 29.4 Å². The van der Waals surface area contributed by atoms with Crippen molar-refractivity contribution in [1.82, 2.24) is 25.5 Å². The molecule has 0 bridgehead atoms. The van der Waals surface area contributed by atoms with E-state index in [0.29, 0.717) is 71.2 Å².